The number of aryl methyl sites for hydroxylation is 1. The van der Waals surface area contributed by atoms with Crippen molar-refractivity contribution in [2.24, 2.45) is 5.10 Å². The minimum Gasteiger partial charge on any atom is -0.457 e. The maximum absolute atomic E-state index is 5.83. The summed E-state index contributed by atoms with van der Waals surface area (Å²) in [5, 5.41) is 4.22. The van der Waals surface area contributed by atoms with Crippen LogP contribution in [-0.2, 0) is 0 Å². The SMILES string of the molecule is Cc1cccc(Oc2ccc(C=NNc3ccccc3)cc2)c1. The van der Waals surface area contributed by atoms with Crippen LogP contribution in [0.3, 0.4) is 0 Å². The molecule has 0 saturated heterocycles. The van der Waals surface area contributed by atoms with Crippen molar-refractivity contribution in [3.05, 3.63) is 90.0 Å². The fourth-order valence-corrected chi connectivity index (χ4v) is 2.13. The lowest BCUT2D eigenvalue weighted by atomic mass is 10.2. The smallest absolute Gasteiger partial charge is 0.127 e. The highest BCUT2D eigenvalue weighted by Crippen LogP contribution is 2.22. The molecule has 3 rings (SSSR count). The Labute approximate surface area is 136 Å². The Morgan fingerprint density at radius 3 is 2.35 bits per heavy atom. The van der Waals surface area contributed by atoms with E-state index in [1.807, 2.05) is 85.8 Å². The molecule has 0 fully saturated rings. The van der Waals surface area contributed by atoms with E-state index in [2.05, 4.69) is 10.5 Å². The summed E-state index contributed by atoms with van der Waals surface area (Å²) in [7, 11) is 0. The van der Waals surface area contributed by atoms with Gasteiger partial charge in [0.15, 0.2) is 0 Å². The Bertz CT molecular complexity index is 780. The Morgan fingerprint density at radius 2 is 1.61 bits per heavy atom. The fourth-order valence-electron chi connectivity index (χ4n) is 2.13. The van der Waals surface area contributed by atoms with E-state index in [4.69, 9.17) is 4.74 Å². The molecule has 3 nitrogen and oxygen atoms in total. The molecule has 0 aromatic heterocycles. The van der Waals surface area contributed by atoms with Gasteiger partial charge < -0.3 is 4.74 Å². The first-order valence-corrected chi connectivity index (χ1v) is 7.48. The van der Waals surface area contributed by atoms with Gasteiger partial charge in [-0.05, 0) is 66.6 Å². The zero-order chi connectivity index (χ0) is 15.9. The molecule has 0 radical (unpaired) electrons. The minimum atomic E-state index is 0.809. The highest BCUT2D eigenvalue weighted by atomic mass is 16.5. The maximum atomic E-state index is 5.83. The number of rotatable bonds is 5. The van der Waals surface area contributed by atoms with E-state index in [0.29, 0.717) is 0 Å². The van der Waals surface area contributed by atoms with Gasteiger partial charge >= 0.3 is 0 Å². The summed E-state index contributed by atoms with van der Waals surface area (Å²) < 4.78 is 5.83. The van der Waals surface area contributed by atoms with E-state index >= 15 is 0 Å². The molecule has 0 saturated carbocycles. The molecular weight excluding hydrogens is 284 g/mol. The van der Waals surface area contributed by atoms with E-state index in [-0.39, 0.29) is 0 Å². The third-order valence-electron chi connectivity index (χ3n) is 3.29. The van der Waals surface area contributed by atoms with Crippen LogP contribution in [0.5, 0.6) is 11.5 Å². The average Bonchev–Trinajstić information content (AvgIpc) is 2.58. The molecule has 0 heterocycles. The Morgan fingerprint density at radius 1 is 0.826 bits per heavy atom. The summed E-state index contributed by atoms with van der Waals surface area (Å²) >= 11 is 0. The van der Waals surface area contributed by atoms with Crippen LogP contribution in [0.15, 0.2) is 84.0 Å². The third kappa shape index (κ3) is 4.45. The van der Waals surface area contributed by atoms with Gasteiger partial charge in [0.05, 0.1) is 11.9 Å². The second-order valence-corrected chi connectivity index (χ2v) is 5.22. The second-order valence-electron chi connectivity index (χ2n) is 5.22. The van der Waals surface area contributed by atoms with Gasteiger partial charge in [-0.15, -0.1) is 0 Å². The van der Waals surface area contributed by atoms with Crippen LogP contribution in [0.25, 0.3) is 0 Å². The lowest BCUT2D eigenvalue weighted by Gasteiger charge is -2.06. The minimum absolute atomic E-state index is 0.809. The van der Waals surface area contributed by atoms with E-state index in [1.54, 1.807) is 6.21 Å². The lowest BCUT2D eigenvalue weighted by molar-refractivity contribution is 0.482. The summed E-state index contributed by atoms with van der Waals surface area (Å²) in [6.45, 7) is 2.05. The highest BCUT2D eigenvalue weighted by molar-refractivity contribution is 5.80. The van der Waals surface area contributed by atoms with Crippen LogP contribution in [0.4, 0.5) is 5.69 Å². The average molecular weight is 302 g/mol. The summed E-state index contributed by atoms with van der Waals surface area (Å²) in [6.07, 6.45) is 1.78. The molecule has 1 N–H and O–H groups in total. The number of ether oxygens (including phenoxy) is 1. The van der Waals surface area contributed by atoms with Crippen molar-refractivity contribution in [3.8, 4) is 11.5 Å². The van der Waals surface area contributed by atoms with Gasteiger partial charge in [-0.2, -0.15) is 5.10 Å². The van der Waals surface area contributed by atoms with Crippen LogP contribution >= 0.6 is 0 Å². The van der Waals surface area contributed by atoms with Crippen molar-refractivity contribution in [3.63, 3.8) is 0 Å². The van der Waals surface area contributed by atoms with Crippen molar-refractivity contribution >= 4 is 11.9 Å². The Kier molecular flexibility index (Phi) is 4.69. The van der Waals surface area contributed by atoms with Crippen molar-refractivity contribution < 1.29 is 4.74 Å². The van der Waals surface area contributed by atoms with Gasteiger partial charge in [0, 0.05) is 0 Å². The molecular formula is C20H18N2O. The Balaban J connectivity index is 1.60. The molecule has 0 amide bonds. The molecule has 0 atom stereocenters. The number of para-hydroxylation sites is 1. The van der Waals surface area contributed by atoms with Gasteiger partial charge in [-0.3, -0.25) is 5.43 Å². The number of nitrogens with zero attached hydrogens (tertiary/aromatic N) is 1. The Hall–Kier alpha value is -3.07. The highest BCUT2D eigenvalue weighted by Gasteiger charge is 1.97. The number of benzene rings is 3. The van der Waals surface area contributed by atoms with Gasteiger partial charge in [0.25, 0.3) is 0 Å². The standard InChI is InChI=1S/C20H18N2O/c1-16-6-5-9-20(14-16)23-19-12-10-17(11-13-19)15-21-22-18-7-3-2-4-8-18/h2-15,22H,1H3. The zero-order valence-corrected chi connectivity index (χ0v) is 12.9. The predicted octanol–water partition coefficient (Wildman–Crippen LogP) is 5.23. The lowest BCUT2D eigenvalue weighted by Crippen LogP contribution is -1.90. The first-order chi connectivity index (χ1) is 11.3. The molecule has 0 bridgehead atoms. The summed E-state index contributed by atoms with van der Waals surface area (Å²) in [4.78, 5) is 0. The van der Waals surface area contributed by atoms with Crippen LogP contribution in [0.2, 0.25) is 0 Å². The molecule has 0 aliphatic heterocycles. The second kappa shape index (κ2) is 7.27. The normalized spacial score (nSPS) is 10.7. The number of nitrogens with one attached hydrogen (secondary N) is 1. The summed E-state index contributed by atoms with van der Waals surface area (Å²) in [6, 6.07) is 25.7. The van der Waals surface area contributed by atoms with E-state index < -0.39 is 0 Å². The van der Waals surface area contributed by atoms with Gasteiger partial charge in [0.1, 0.15) is 11.5 Å². The maximum Gasteiger partial charge on any atom is 0.127 e. The number of hydrazone groups is 1. The number of hydrogen-bond acceptors (Lipinski definition) is 3. The zero-order valence-electron chi connectivity index (χ0n) is 12.9. The molecule has 3 heteroatoms. The van der Waals surface area contributed by atoms with Crippen LogP contribution in [0.1, 0.15) is 11.1 Å². The summed E-state index contributed by atoms with van der Waals surface area (Å²) in [5.74, 6) is 1.65. The van der Waals surface area contributed by atoms with Crippen molar-refractivity contribution in [2.45, 2.75) is 6.92 Å². The third-order valence-corrected chi connectivity index (χ3v) is 3.29. The quantitative estimate of drug-likeness (QED) is 0.517. The van der Waals surface area contributed by atoms with E-state index in [9.17, 15) is 0 Å². The molecule has 114 valence electrons. The van der Waals surface area contributed by atoms with Crippen molar-refractivity contribution in [1.82, 2.24) is 0 Å². The topological polar surface area (TPSA) is 33.6 Å². The van der Waals surface area contributed by atoms with Crippen molar-refractivity contribution in [2.75, 3.05) is 5.43 Å². The first kappa shape index (κ1) is 14.9. The van der Waals surface area contributed by atoms with E-state index in [1.165, 1.54) is 5.56 Å². The largest absolute Gasteiger partial charge is 0.457 e. The summed E-state index contributed by atoms with van der Waals surface area (Å²) in [5.41, 5.74) is 6.14. The van der Waals surface area contributed by atoms with Crippen molar-refractivity contribution in [1.29, 1.82) is 0 Å². The number of hydrogen-bond donors (Lipinski definition) is 1. The predicted molar refractivity (Wildman–Crippen MR) is 95.4 cm³/mol. The molecule has 3 aromatic carbocycles. The molecule has 0 aliphatic rings. The molecule has 0 aliphatic carbocycles. The fraction of sp³-hybridized carbons (Fsp3) is 0.0500. The molecule has 3 aromatic rings. The number of anilines is 1. The van der Waals surface area contributed by atoms with Gasteiger partial charge in [0.2, 0.25) is 0 Å². The van der Waals surface area contributed by atoms with Crippen LogP contribution < -0.4 is 10.2 Å². The molecule has 0 unspecified atom stereocenters. The first-order valence-electron chi connectivity index (χ1n) is 7.48. The van der Waals surface area contributed by atoms with Gasteiger partial charge in [-0.25, -0.2) is 0 Å². The van der Waals surface area contributed by atoms with Gasteiger partial charge in [-0.1, -0.05) is 30.3 Å². The van der Waals surface area contributed by atoms with Crippen LogP contribution in [-0.4, -0.2) is 6.21 Å². The van der Waals surface area contributed by atoms with E-state index in [0.717, 1.165) is 22.7 Å². The van der Waals surface area contributed by atoms with Crippen LogP contribution in [0, 0.1) is 6.92 Å². The molecule has 0 spiro atoms. The monoisotopic (exact) mass is 302 g/mol. The molecule has 23 heavy (non-hydrogen) atoms.